The summed E-state index contributed by atoms with van der Waals surface area (Å²) in [6.45, 7) is 2.65. The predicted molar refractivity (Wildman–Crippen MR) is 75.5 cm³/mol. The highest BCUT2D eigenvalue weighted by molar-refractivity contribution is 5.56. The van der Waals surface area contributed by atoms with Gasteiger partial charge in [-0.2, -0.15) is 5.10 Å². The van der Waals surface area contributed by atoms with Crippen LogP contribution in [0.25, 0.3) is 5.82 Å². The third-order valence-corrected chi connectivity index (χ3v) is 2.88. The molecule has 0 atom stereocenters. The van der Waals surface area contributed by atoms with Gasteiger partial charge < -0.3 is 5.32 Å². The van der Waals surface area contributed by atoms with E-state index < -0.39 is 0 Å². The highest BCUT2D eigenvalue weighted by Gasteiger charge is 2.05. The number of aryl methyl sites for hydroxylation is 1. The normalized spacial score (nSPS) is 10.4. The molecule has 6 nitrogen and oxygen atoms in total. The molecule has 0 bridgehead atoms. The second-order valence-corrected chi connectivity index (χ2v) is 4.38. The van der Waals surface area contributed by atoms with Crippen LogP contribution < -0.4 is 5.32 Å². The fourth-order valence-electron chi connectivity index (χ4n) is 1.84. The van der Waals surface area contributed by atoms with Gasteiger partial charge in [0.2, 0.25) is 0 Å². The van der Waals surface area contributed by atoms with Gasteiger partial charge in [-0.25, -0.2) is 14.6 Å². The number of rotatable bonds is 4. The standard InChI is InChI=1S/C14H14N6/c1-11-4-5-12(7-17-11)8-18-13-3-2-6-16-14(13)20-10-15-9-19-20/h2-7,9-10,18H,8H2,1H3. The molecule has 0 amide bonds. The molecule has 0 aromatic carbocycles. The first-order valence-electron chi connectivity index (χ1n) is 6.28. The lowest BCUT2D eigenvalue weighted by atomic mass is 10.2. The van der Waals surface area contributed by atoms with Crippen molar-refractivity contribution in [3.05, 3.63) is 60.6 Å². The largest absolute Gasteiger partial charge is 0.378 e. The lowest BCUT2D eigenvalue weighted by Gasteiger charge is -2.10. The van der Waals surface area contributed by atoms with Crippen LogP contribution in [0.4, 0.5) is 5.69 Å². The summed E-state index contributed by atoms with van der Waals surface area (Å²) in [7, 11) is 0. The average Bonchev–Trinajstić information content (AvgIpc) is 3.01. The summed E-state index contributed by atoms with van der Waals surface area (Å²) < 4.78 is 1.63. The number of hydrogen-bond donors (Lipinski definition) is 1. The second kappa shape index (κ2) is 5.48. The van der Waals surface area contributed by atoms with E-state index in [1.54, 1.807) is 17.2 Å². The number of aromatic nitrogens is 5. The van der Waals surface area contributed by atoms with Crippen LogP contribution in [0.3, 0.4) is 0 Å². The van der Waals surface area contributed by atoms with E-state index in [0.29, 0.717) is 6.54 Å². The van der Waals surface area contributed by atoms with Crippen molar-refractivity contribution in [2.45, 2.75) is 13.5 Å². The number of nitrogens with one attached hydrogen (secondary N) is 1. The SMILES string of the molecule is Cc1ccc(CNc2cccnc2-n2cncn2)cn1. The zero-order valence-corrected chi connectivity index (χ0v) is 11.1. The highest BCUT2D eigenvalue weighted by atomic mass is 15.3. The third kappa shape index (κ3) is 2.64. The van der Waals surface area contributed by atoms with Crippen molar-refractivity contribution in [3.63, 3.8) is 0 Å². The Morgan fingerprint density at radius 1 is 1.20 bits per heavy atom. The molecule has 3 rings (SSSR count). The van der Waals surface area contributed by atoms with Crippen molar-refractivity contribution in [1.82, 2.24) is 24.7 Å². The first kappa shape index (κ1) is 12.3. The molecule has 0 saturated carbocycles. The molecule has 1 N–H and O–H groups in total. The average molecular weight is 266 g/mol. The van der Waals surface area contributed by atoms with Crippen LogP contribution in [0, 0.1) is 6.92 Å². The number of hydrogen-bond acceptors (Lipinski definition) is 5. The van der Waals surface area contributed by atoms with E-state index in [-0.39, 0.29) is 0 Å². The van der Waals surface area contributed by atoms with E-state index in [4.69, 9.17) is 0 Å². The first-order valence-corrected chi connectivity index (χ1v) is 6.28. The maximum absolute atomic E-state index is 4.33. The maximum atomic E-state index is 4.33. The molecular weight excluding hydrogens is 252 g/mol. The number of pyridine rings is 2. The van der Waals surface area contributed by atoms with Gasteiger partial charge in [0.05, 0.1) is 5.69 Å². The van der Waals surface area contributed by atoms with Gasteiger partial charge in [0.25, 0.3) is 0 Å². The molecule has 3 aromatic rings. The first-order chi connectivity index (χ1) is 9.83. The zero-order valence-electron chi connectivity index (χ0n) is 11.1. The van der Waals surface area contributed by atoms with Crippen molar-refractivity contribution in [2.75, 3.05) is 5.32 Å². The Balaban J connectivity index is 1.79. The third-order valence-electron chi connectivity index (χ3n) is 2.88. The van der Waals surface area contributed by atoms with Crippen molar-refractivity contribution in [1.29, 1.82) is 0 Å². The van der Waals surface area contributed by atoms with Crippen LogP contribution in [0.5, 0.6) is 0 Å². The van der Waals surface area contributed by atoms with Crippen molar-refractivity contribution >= 4 is 5.69 Å². The highest BCUT2D eigenvalue weighted by Crippen LogP contribution is 2.16. The van der Waals surface area contributed by atoms with Gasteiger partial charge >= 0.3 is 0 Å². The van der Waals surface area contributed by atoms with Gasteiger partial charge in [0, 0.05) is 24.6 Å². The van der Waals surface area contributed by atoms with E-state index in [9.17, 15) is 0 Å². The van der Waals surface area contributed by atoms with Crippen molar-refractivity contribution < 1.29 is 0 Å². The Morgan fingerprint density at radius 2 is 2.15 bits per heavy atom. The minimum Gasteiger partial charge on any atom is -0.378 e. The minimum atomic E-state index is 0.681. The lowest BCUT2D eigenvalue weighted by molar-refractivity contribution is 0.844. The van der Waals surface area contributed by atoms with Gasteiger partial charge in [-0.3, -0.25) is 4.98 Å². The van der Waals surface area contributed by atoms with Crippen LogP contribution in [-0.2, 0) is 6.54 Å². The van der Waals surface area contributed by atoms with Crippen LogP contribution in [-0.4, -0.2) is 24.7 Å². The van der Waals surface area contributed by atoms with E-state index >= 15 is 0 Å². The van der Waals surface area contributed by atoms with E-state index in [1.165, 1.54) is 6.33 Å². The Bertz CT molecular complexity index is 675. The zero-order chi connectivity index (χ0) is 13.8. The molecule has 3 aromatic heterocycles. The molecule has 100 valence electrons. The Kier molecular flexibility index (Phi) is 3.36. The minimum absolute atomic E-state index is 0.681. The molecule has 6 heteroatoms. The molecule has 20 heavy (non-hydrogen) atoms. The monoisotopic (exact) mass is 266 g/mol. The van der Waals surface area contributed by atoms with E-state index in [2.05, 4.69) is 31.4 Å². The van der Waals surface area contributed by atoms with E-state index in [1.807, 2.05) is 31.3 Å². The molecule has 0 aliphatic heterocycles. The maximum Gasteiger partial charge on any atom is 0.178 e. The van der Waals surface area contributed by atoms with Gasteiger partial charge in [-0.15, -0.1) is 0 Å². The van der Waals surface area contributed by atoms with Crippen LogP contribution in [0.15, 0.2) is 49.3 Å². The van der Waals surface area contributed by atoms with Gasteiger partial charge in [-0.05, 0) is 30.7 Å². The number of anilines is 1. The quantitative estimate of drug-likeness (QED) is 0.782. The summed E-state index contributed by atoms with van der Waals surface area (Å²) >= 11 is 0. The molecule has 0 unspecified atom stereocenters. The summed E-state index contributed by atoms with van der Waals surface area (Å²) in [4.78, 5) is 12.6. The topological polar surface area (TPSA) is 68.5 Å². The van der Waals surface area contributed by atoms with Crippen LogP contribution in [0.1, 0.15) is 11.3 Å². The second-order valence-electron chi connectivity index (χ2n) is 4.38. The fraction of sp³-hybridized carbons (Fsp3) is 0.143. The Labute approximate surface area is 116 Å². The molecule has 0 radical (unpaired) electrons. The van der Waals surface area contributed by atoms with Gasteiger partial charge in [0.15, 0.2) is 5.82 Å². The number of nitrogens with zero attached hydrogens (tertiary/aromatic N) is 5. The molecule has 0 aliphatic carbocycles. The Hall–Kier alpha value is -2.76. The summed E-state index contributed by atoms with van der Waals surface area (Å²) in [5.41, 5.74) is 3.03. The Morgan fingerprint density at radius 3 is 2.90 bits per heavy atom. The van der Waals surface area contributed by atoms with Crippen LogP contribution in [0.2, 0.25) is 0 Å². The molecule has 0 saturated heterocycles. The summed E-state index contributed by atoms with van der Waals surface area (Å²) in [6, 6.07) is 7.90. The lowest BCUT2D eigenvalue weighted by Crippen LogP contribution is -2.06. The molecular formula is C14H14N6. The van der Waals surface area contributed by atoms with Gasteiger partial charge in [-0.1, -0.05) is 6.07 Å². The summed E-state index contributed by atoms with van der Waals surface area (Å²) in [5.74, 6) is 0.727. The smallest absolute Gasteiger partial charge is 0.178 e. The van der Waals surface area contributed by atoms with Crippen molar-refractivity contribution in [2.24, 2.45) is 0 Å². The summed E-state index contributed by atoms with van der Waals surface area (Å²) in [6.07, 6.45) is 6.72. The van der Waals surface area contributed by atoms with Crippen molar-refractivity contribution in [3.8, 4) is 5.82 Å². The fourth-order valence-corrected chi connectivity index (χ4v) is 1.84. The van der Waals surface area contributed by atoms with E-state index in [0.717, 1.165) is 22.8 Å². The van der Waals surface area contributed by atoms with Crippen LogP contribution >= 0.6 is 0 Å². The predicted octanol–water partition coefficient (Wildman–Crippen LogP) is 1.98. The van der Waals surface area contributed by atoms with Gasteiger partial charge in [0.1, 0.15) is 12.7 Å². The molecule has 3 heterocycles. The summed E-state index contributed by atoms with van der Waals surface area (Å²) in [5, 5.41) is 7.45. The molecule has 0 spiro atoms. The molecule has 0 fully saturated rings. The molecule has 0 aliphatic rings.